The molecule has 226 valence electrons. The molecule has 1 N–H and O–H groups in total. The van der Waals surface area contributed by atoms with Gasteiger partial charge in [-0.25, -0.2) is 18.8 Å². The van der Waals surface area contributed by atoms with E-state index in [1.807, 2.05) is 0 Å². The topological polar surface area (TPSA) is 102 Å². The van der Waals surface area contributed by atoms with E-state index in [9.17, 15) is 23.9 Å². The highest BCUT2D eigenvalue weighted by Gasteiger charge is 2.50. The Balaban J connectivity index is 1.50. The molecule has 4 aromatic rings. The fourth-order valence-corrected chi connectivity index (χ4v) is 5.25. The fraction of sp³-hybridized carbons (Fsp3) is 0.229. The molecule has 0 saturated carbocycles. The third kappa shape index (κ3) is 7.37. The van der Waals surface area contributed by atoms with Crippen molar-refractivity contribution in [3.05, 3.63) is 143 Å². The second kappa shape index (κ2) is 14.5. The van der Waals surface area contributed by atoms with Crippen LogP contribution in [0.25, 0.3) is 0 Å². The van der Waals surface area contributed by atoms with Crippen molar-refractivity contribution in [2.45, 2.75) is 30.8 Å². The molecule has 1 heterocycles. The lowest BCUT2D eigenvalue weighted by molar-refractivity contribution is -0.153. The number of hydrogen-bond donors (Lipinski definition) is 1. The van der Waals surface area contributed by atoms with Crippen LogP contribution in [0.3, 0.4) is 0 Å². The number of piperidine rings is 1. The second-order valence-electron chi connectivity index (χ2n) is 10.4. The minimum absolute atomic E-state index is 0.0182. The zero-order chi connectivity index (χ0) is 30.9. The smallest absolute Gasteiger partial charge is 0.338 e. The van der Waals surface area contributed by atoms with Gasteiger partial charge in [-0.05, 0) is 54.4 Å². The van der Waals surface area contributed by atoms with Crippen molar-refractivity contribution in [2.75, 3.05) is 19.7 Å². The zero-order valence-electron chi connectivity index (χ0n) is 23.8. The first kappa shape index (κ1) is 30.6. The Kier molecular flexibility index (Phi) is 10.1. The summed E-state index contributed by atoms with van der Waals surface area (Å²) in [5, 5.41) is 10.6. The van der Waals surface area contributed by atoms with Crippen LogP contribution in [0.15, 0.2) is 115 Å². The van der Waals surface area contributed by atoms with Crippen LogP contribution in [0.4, 0.5) is 4.39 Å². The molecule has 4 aromatic carbocycles. The van der Waals surface area contributed by atoms with E-state index < -0.39 is 48.9 Å². The van der Waals surface area contributed by atoms with E-state index in [0.29, 0.717) is 5.56 Å². The molecule has 5 rings (SSSR count). The molecule has 0 aliphatic carbocycles. The maximum Gasteiger partial charge on any atom is 0.338 e. The number of esters is 3. The quantitative estimate of drug-likeness (QED) is 0.207. The number of aliphatic hydroxyl groups is 1. The summed E-state index contributed by atoms with van der Waals surface area (Å²) in [5.74, 6) is -2.47. The van der Waals surface area contributed by atoms with Gasteiger partial charge in [0.15, 0.2) is 18.3 Å². The Morgan fingerprint density at radius 1 is 0.659 bits per heavy atom. The first-order valence-corrected chi connectivity index (χ1v) is 14.3. The molecule has 0 aromatic heterocycles. The van der Waals surface area contributed by atoms with Gasteiger partial charge in [0, 0.05) is 13.1 Å². The molecule has 0 radical (unpaired) electrons. The van der Waals surface area contributed by atoms with Gasteiger partial charge in [0.1, 0.15) is 5.82 Å². The molecule has 9 heteroatoms. The Morgan fingerprint density at radius 2 is 1.11 bits per heavy atom. The van der Waals surface area contributed by atoms with E-state index in [2.05, 4.69) is 0 Å². The summed E-state index contributed by atoms with van der Waals surface area (Å²) in [6.07, 6.45) is -3.36. The highest BCUT2D eigenvalue weighted by molar-refractivity contribution is 5.91. The van der Waals surface area contributed by atoms with Crippen LogP contribution in [0.2, 0.25) is 0 Å². The summed E-state index contributed by atoms with van der Waals surface area (Å²) < 4.78 is 32.4. The summed E-state index contributed by atoms with van der Waals surface area (Å²) in [5.41, 5.74) is 1.23. The third-order valence-electron chi connectivity index (χ3n) is 7.54. The molecule has 0 spiro atoms. The van der Waals surface area contributed by atoms with Crippen LogP contribution in [0, 0.1) is 5.82 Å². The number of halogens is 1. The molecule has 1 fully saturated rings. The van der Waals surface area contributed by atoms with Gasteiger partial charge in [-0.15, -0.1) is 0 Å². The van der Waals surface area contributed by atoms with Crippen molar-refractivity contribution in [3.8, 4) is 0 Å². The van der Waals surface area contributed by atoms with Crippen molar-refractivity contribution in [3.63, 3.8) is 0 Å². The second-order valence-corrected chi connectivity index (χ2v) is 10.4. The largest absolute Gasteiger partial charge is 0.453 e. The van der Waals surface area contributed by atoms with Crippen LogP contribution >= 0.6 is 0 Å². The molecule has 4 atom stereocenters. The Bertz CT molecular complexity index is 1550. The van der Waals surface area contributed by atoms with Crippen LogP contribution in [-0.2, 0) is 20.6 Å². The number of carbonyl (C=O) groups is 3. The molecule has 0 unspecified atom stereocenters. The Labute approximate surface area is 254 Å². The summed E-state index contributed by atoms with van der Waals surface area (Å²) in [4.78, 5) is 41.7. The summed E-state index contributed by atoms with van der Waals surface area (Å²) in [7, 11) is 0. The van der Waals surface area contributed by atoms with Crippen molar-refractivity contribution in [2.24, 2.45) is 0 Å². The number of likely N-dealkylation sites (tertiary alicyclic amines) is 1. The van der Waals surface area contributed by atoms with Gasteiger partial charge in [-0.1, -0.05) is 72.8 Å². The molecule has 1 saturated heterocycles. The van der Waals surface area contributed by atoms with Gasteiger partial charge in [-0.3, -0.25) is 4.90 Å². The molecule has 0 bridgehead atoms. The van der Waals surface area contributed by atoms with Crippen LogP contribution in [-0.4, -0.2) is 72.0 Å². The molecule has 44 heavy (non-hydrogen) atoms. The van der Waals surface area contributed by atoms with E-state index in [0.717, 1.165) is 0 Å². The number of carbonyl (C=O) groups excluding carboxylic acids is 3. The zero-order valence-corrected chi connectivity index (χ0v) is 23.8. The standard InChI is InChI=1S/C35H32FNO7/c36-28-19-11-10-12-24(28)20-21-37-22-30(42-33(39)25-13-4-1-5-14-25)32(44-35(41)27-17-8-3-9-18-27)31(29(37)23-38)43-34(40)26-15-6-2-7-16-26/h1-19,29-32,38H,20-23H2/t29-,30-,31+,32+/m0/s1. The van der Waals surface area contributed by atoms with Crippen molar-refractivity contribution < 1.29 is 38.1 Å². The number of nitrogens with zero attached hydrogens (tertiary/aromatic N) is 1. The van der Waals surface area contributed by atoms with Gasteiger partial charge in [0.05, 0.1) is 29.3 Å². The molecule has 8 nitrogen and oxygen atoms in total. The normalized spacial score (nSPS) is 20.0. The lowest BCUT2D eigenvalue weighted by atomic mass is 9.92. The third-order valence-corrected chi connectivity index (χ3v) is 7.54. The SMILES string of the molecule is O=C(O[C@H]1[C@H](OC(=O)c2ccccc2)[C@H](CO)N(CCc2ccccc2F)C[C@@H]1OC(=O)c1ccccc1)c1ccccc1. The fourth-order valence-electron chi connectivity index (χ4n) is 5.25. The number of rotatable bonds is 10. The van der Waals surface area contributed by atoms with Gasteiger partial charge in [-0.2, -0.15) is 0 Å². The van der Waals surface area contributed by atoms with Gasteiger partial charge >= 0.3 is 17.9 Å². The highest BCUT2D eigenvalue weighted by atomic mass is 19.1. The predicted octanol–water partition coefficient (Wildman–Crippen LogP) is 4.72. The first-order chi connectivity index (χ1) is 21.4. The molecular weight excluding hydrogens is 565 g/mol. The van der Waals surface area contributed by atoms with Crippen LogP contribution in [0.5, 0.6) is 0 Å². The predicted molar refractivity (Wildman–Crippen MR) is 159 cm³/mol. The molecule has 1 aliphatic rings. The Hall–Kier alpha value is -4.86. The van der Waals surface area contributed by atoms with Crippen LogP contribution < -0.4 is 0 Å². The van der Waals surface area contributed by atoms with E-state index in [1.54, 1.807) is 114 Å². The maximum atomic E-state index is 14.5. The van der Waals surface area contributed by atoms with E-state index >= 15 is 0 Å². The summed E-state index contributed by atoms with van der Waals surface area (Å²) in [6, 6.07) is 30.3. The summed E-state index contributed by atoms with van der Waals surface area (Å²) in [6.45, 7) is -0.239. The highest BCUT2D eigenvalue weighted by Crippen LogP contribution is 2.29. The average molecular weight is 598 g/mol. The van der Waals surface area contributed by atoms with E-state index in [1.165, 1.54) is 6.07 Å². The minimum Gasteiger partial charge on any atom is -0.453 e. The van der Waals surface area contributed by atoms with E-state index in [-0.39, 0.29) is 42.0 Å². The Morgan fingerprint density at radius 3 is 1.61 bits per heavy atom. The van der Waals surface area contributed by atoms with Crippen molar-refractivity contribution in [1.82, 2.24) is 4.90 Å². The lowest BCUT2D eigenvalue weighted by Gasteiger charge is -2.46. The lowest BCUT2D eigenvalue weighted by Crippen LogP contribution is -2.65. The monoisotopic (exact) mass is 597 g/mol. The van der Waals surface area contributed by atoms with Gasteiger partial charge in [0.25, 0.3) is 0 Å². The number of benzene rings is 4. The van der Waals surface area contributed by atoms with E-state index in [4.69, 9.17) is 14.2 Å². The number of aliphatic hydroxyl groups excluding tert-OH is 1. The number of ether oxygens (including phenoxy) is 3. The maximum absolute atomic E-state index is 14.5. The average Bonchev–Trinajstić information content (AvgIpc) is 3.06. The molecule has 1 aliphatic heterocycles. The summed E-state index contributed by atoms with van der Waals surface area (Å²) >= 11 is 0. The van der Waals surface area contributed by atoms with Crippen molar-refractivity contribution >= 4 is 17.9 Å². The molecule has 0 amide bonds. The number of hydrogen-bond acceptors (Lipinski definition) is 8. The molecular formula is C35H32FNO7. The van der Waals surface area contributed by atoms with Crippen LogP contribution in [0.1, 0.15) is 36.6 Å². The van der Waals surface area contributed by atoms with Crippen molar-refractivity contribution in [1.29, 1.82) is 0 Å². The van der Waals surface area contributed by atoms with Gasteiger partial charge < -0.3 is 19.3 Å². The van der Waals surface area contributed by atoms with Gasteiger partial charge in [0.2, 0.25) is 0 Å². The first-order valence-electron chi connectivity index (χ1n) is 14.3. The minimum atomic E-state index is -1.27.